The fraction of sp³-hybridized carbons (Fsp3) is 0.308. The minimum atomic E-state index is -4.39. The molecule has 0 aliphatic carbocycles. The maximum atomic E-state index is 12.5. The van der Waals surface area contributed by atoms with Crippen LogP contribution in [0.2, 0.25) is 0 Å². The predicted octanol–water partition coefficient (Wildman–Crippen LogP) is 2.42. The second kappa shape index (κ2) is 5.54. The zero-order chi connectivity index (χ0) is 14.8. The van der Waals surface area contributed by atoms with Gasteiger partial charge in [-0.1, -0.05) is 6.07 Å². The van der Waals surface area contributed by atoms with Gasteiger partial charge < -0.3 is 10.5 Å². The standard InChI is InChI=1S/C13H14F3N3O/c1-20-12-3-2-9(5-17)4-10(12)7-19-8-11(6-18-19)13(14,15)16/h2-4,6,8H,5,7,17H2,1H3. The van der Waals surface area contributed by atoms with Gasteiger partial charge in [-0.2, -0.15) is 18.3 Å². The van der Waals surface area contributed by atoms with Gasteiger partial charge in [0.25, 0.3) is 0 Å². The average Bonchev–Trinajstić information content (AvgIpc) is 2.87. The highest BCUT2D eigenvalue weighted by molar-refractivity contribution is 5.37. The molecule has 2 rings (SSSR count). The first kappa shape index (κ1) is 14.4. The van der Waals surface area contributed by atoms with Crippen molar-refractivity contribution in [1.29, 1.82) is 0 Å². The lowest BCUT2D eigenvalue weighted by atomic mass is 10.1. The van der Waals surface area contributed by atoms with Crippen molar-refractivity contribution in [3.05, 3.63) is 47.3 Å². The molecule has 0 spiro atoms. The van der Waals surface area contributed by atoms with Crippen molar-refractivity contribution in [1.82, 2.24) is 9.78 Å². The molecule has 1 heterocycles. The number of benzene rings is 1. The van der Waals surface area contributed by atoms with Crippen molar-refractivity contribution in [3.8, 4) is 5.75 Å². The predicted molar refractivity (Wildman–Crippen MR) is 67.2 cm³/mol. The minimum absolute atomic E-state index is 0.188. The summed E-state index contributed by atoms with van der Waals surface area (Å²) in [6.07, 6.45) is -2.62. The highest BCUT2D eigenvalue weighted by Gasteiger charge is 2.32. The number of ether oxygens (including phenoxy) is 1. The van der Waals surface area contributed by atoms with Crippen molar-refractivity contribution in [2.75, 3.05) is 7.11 Å². The second-order valence-electron chi connectivity index (χ2n) is 4.27. The summed E-state index contributed by atoms with van der Waals surface area (Å²) in [4.78, 5) is 0. The van der Waals surface area contributed by atoms with Gasteiger partial charge in [-0.15, -0.1) is 0 Å². The monoisotopic (exact) mass is 285 g/mol. The number of rotatable bonds is 4. The summed E-state index contributed by atoms with van der Waals surface area (Å²) >= 11 is 0. The molecule has 0 aliphatic rings. The first-order valence-corrected chi connectivity index (χ1v) is 5.89. The number of aromatic nitrogens is 2. The van der Waals surface area contributed by atoms with Crippen molar-refractivity contribution < 1.29 is 17.9 Å². The van der Waals surface area contributed by atoms with Crippen LogP contribution in [0.15, 0.2) is 30.6 Å². The lowest BCUT2D eigenvalue weighted by Crippen LogP contribution is -2.06. The average molecular weight is 285 g/mol. The minimum Gasteiger partial charge on any atom is -0.496 e. The lowest BCUT2D eigenvalue weighted by molar-refractivity contribution is -0.137. The van der Waals surface area contributed by atoms with Crippen LogP contribution in [-0.2, 0) is 19.3 Å². The number of halogens is 3. The Morgan fingerprint density at radius 2 is 2.10 bits per heavy atom. The van der Waals surface area contributed by atoms with Crippen LogP contribution < -0.4 is 10.5 Å². The fourth-order valence-electron chi connectivity index (χ4n) is 1.85. The zero-order valence-corrected chi connectivity index (χ0v) is 10.8. The van der Waals surface area contributed by atoms with E-state index < -0.39 is 11.7 Å². The van der Waals surface area contributed by atoms with E-state index in [-0.39, 0.29) is 6.54 Å². The van der Waals surface area contributed by atoms with Crippen molar-refractivity contribution in [2.45, 2.75) is 19.3 Å². The van der Waals surface area contributed by atoms with E-state index >= 15 is 0 Å². The lowest BCUT2D eigenvalue weighted by Gasteiger charge is -2.10. The quantitative estimate of drug-likeness (QED) is 0.938. The van der Waals surface area contributed by atoms with Crippen LogP contribution in [0.4, 0.5) is 13.2 Å². The van der Waals surface area contributed by atoms with Crippen molar-refractivity contribution in [3.63, 3.8) is 0 Å². The molecular weight excluding hydrogens is 271 g/mol. The Morgan fingerprint density at radius 3 is 2.65 bits per heavy atom. The van der Waals surface area contributed by atoms with Gasteiger partial charge in [0.2, 0.25) is 0 Å². The van der Waals surface area contributed by atoms with Crippen LogP contribution in [0.5, 0.6) is 5.75 Å². The Bertz CT molecular complexity index is 593. The van der Waals surface area contributed by atoms with E-state index in [9.17, 15) is 13.2 Å². The van der Waals surface area contributed by atoms with Gasteiger partial charge in [-0.3, -0.25) is 4.68 Å². The molecule has 0 radical (unpaired) electrons. The topological polar surface area (TPSA) is 53.1 Å². The molecule has 0 atom stereocenters. The number of nitrogens with zero attached hydrogens (tertiary/aromatic N) is 2. The van der Waals surface area contributed by atoms with E-state index in [0.29, 0.717) is 12.3 Å². The van der Waals surface area contributed by atoms with E-state index in [1.807, 2.05) is 6.07 Å². The van der Waals surface area contributed by atoms with Crippen molar-refractivity contribution in [2.24, 2.45) is 5.73 Å². The van der Waals surface area contributed by atoms with Gasteiger partial charge in [0, 0.05) is 18.3 Å². The molecule has 20 heavy (non-hydrogen) atoms. The summed E-state index contributed by atoms with van der Waals surface area (Å²) in [6, 6.07) is 5.35. The Hall–Kier alpha value is -2.02. The molecule has 1 aromatic carbocycles. The van der Waals surface area contributed by atoms with E-state index in [0.717, 1.165) is 23.5 Å². The molecule has 108 valence electrons. The Morgan fingerprint density at radius 1 is 1.35 bits per heavy atom. The van der Waals surface area contributed by atoms with Gasteiger partial charge >= 0.3 is 6.18 Å². The third-order valence-corrected chi connectivity index (χ3v) is 2.87. The third-order valence-electron chi connectivity index (χ3n) is 2.87. The Labute approximate surface area is 114 Å². The summed E-state index contributed by atoms with van der Waals surface area (Å²) in [5.41, 5.74) is 6.39. The summed E-state index contributed by atoms with van der Waals surface area (Å²) in [7, 11) is 1.51. The number of methoxy groups -OCH3 is 1. The molecule has 0 saturated carbocycles. The van der Waals surface area contributed by atoms with E-state index in [4.69, 9.17) is 10.5 Å². The number of nitrogens with two attached hydrogens (primary N) is 1. The normalized spacial score (nSPS) is 11.7. The molecule has 7 heteroatoms. The molecule has 0 unspecified atom stereocenters. The number of hydrogen-bond donors (Lipinski definition) is 1. The number of hydrogen-bond acceptors (Lipinski definition) is 3. The van der Waals surface area contributed by atoms with Crippen LogP contribution in [-0.4, -0.2) is 16.9 Å². The Balaban J connectivity index is 2.27. The molecule has 0 aliphatic heterocycles. The van der Waals surface area contributed by atoms with Gasteiger partial charge in [0.15, 0.2) is 0 Å². The van der Waals surface area contributed by atoms with E-state index in [1.165, 1.54) is 11.8 Å². The first-order valence-electron chi connectivity index (χ1n) is 5.89. The zero-order valence-electron chi connectivity index (χ0n) is 10.8. The van der Waals surface area contributed by atoms with Crippen LogP contribution in [0.3, 0.4) is 0 Å². The highest BCUT2D eigenvalue weighted by atomic mass is 19.4. The third kappa shape index (κ3) is 3.11. The SMILES string of the molecule is COc1ccc(CN)cc1Cn1cc(C(F)(F)F)cn1. The smallest absolute Gasteiger partial charge is 0.419 e. The van der Waals surface area contributed by atoms with Gasteiger partial charge in [0.05, 0.1) is 25.4 Å². The van der Waals surface area contributed by atoms with E-state index in [2.05, 4.69) is 5.10 Å². The van der Waals surface area contributed by atoms with E-state index in [1.54, 1.807) is 12.1 Å². The van der Waals surface area contributed by atoms with Crippen LogP contribution in [0.25, 0.3) is 0 Å². The molecule has 0 fully saturated rings. The maximum absolute atomic E-state index is 12.5. The Kier molecular flexibility index (Phi) is 3.99. The summed E-state index contributed by atoms with van der Waals surface area (Å²) < 4.78 is 43.9. The van der Waals surface area contributed by atoms with Crippen molar-refractivity contribution >= 4 is 0 Å². The highest BCUT2D eigenvalue weighted by Crippen LogP contribution is 2.29. The molecule has 0 saturated heterocycles. The fourth-order valence-corrected chi connectivity index (χ4v) is 1.85. The molecule has 0 bridgehead atoms. The summed E-state index contributed by atoms with van der Waals surface area (Å²) in [5.74, 6) is 0.589. The molecule has 0 amide bonds. The second-order valence-corrected chi connectivity index (χ2v) is 4.27. The maximum Gasteiger partial charge on any atom is 0.419 e. The summed E-state index contributed by atoms with van der Waals surface area (Å²) in [5, 5.41) is 3.72. The van der Waals surface area contributed by atoms with Gasteiger partial charge in [-0.05, 0) is 17.7 Å². The van der Waals surface area contributed by atoms with Gasteiger partial charge in [0.1, 0.15) is 5.75 Å². The van der Waals surface area contributed by atoms with Gasteiger partial charge in [-0.25, -0.2) is 0 Å². The first-order chi connectivity index (χ1) is 9.44. The molecule has 1 aromatic heterocycles. The summed E-state index contributed by atoms with van der Waals surface area (Å²) in [6.45, 7) is 0.539. The molecule has 4 nitrogen and oxygen atoms in total. The number of alkyl halides is 3. The molecule has 2 N–H and O–H groups in total. The van der Waals surface area contributed by atoms with Crippen LogP contribution in [0, 0.1) is 0 Å². The molecule has 2 aromatic rings. The largest absolute Gasteiger partial charge is 0.496 e. The van der Waals surface area contributed by atoms with Crippen LogP contribution >= 0.6 is 0 Å². The molecular formula is C13H14F3N3O. The van der Waals surface area contributed by atoms with Crippen LogP contribution in [0.1, 0.15) is 16.7 Å².